The summed E-state index contributed by atoms with van der Waals surface area (Å²) in [5.41, 5.74) is 0. The van der Waals surface area contributed by atoms with Crippen LogP contribution in [-0.4, -0.2) is 25.9 Å². The molecule has 3 nitrogen and oxygen atoms in total. The van der Waals surface area contributed by atoms with Gasteiger partial charge in [0.05, 0.1) is 13.2 Å². The molecule has 3 heteroatoms. The van der Waals surface area contributed by atoms with Crippen LogP contribution in [-0.2, 0) is 4.74 Å². The maximum absolute atomic E-state index is 5.61. The number of hydrogen-bond acceptors (Lipinski definition) is 3. The fourth-order valence-electron chi connectivity index (χ4n) is 1.59. The van der Waals surface area contributed by atoms with E-state index in [-0.39, 0.29) is 12.2 Å². The molecule has 1 aromatic rings. The highest BCUT2D eigenvalue weighted by Crippen LogP contribution is 2.18. The van der Waals surface area contributed by atoms with E-state index in [2.05, 4.69) is 0 Å². The Hall–Kier alpha value is -1.48. The molecule has 1 heterocycles. The summed E-state index contributed by atoms with van der Waals surface area (Å²) in [7, 11) is 1.65. The highest BCUT2D eigenvalue weighted by Gasteiger charge is 2.15. The van der Waals surface area contributed by atoms with Gasteiger partial charge in [-0.15, -0.1) is 0 Å². The van der Waals surface area contributed by atoms with E-state index < -0.39 is 0 Å². The van der Waals surface area contributed by atoms with Crippen molar-refractivity contribution in [3.8, 4) is 11.5 Å². The molecule has 2 rings (SSSR count). The van der Waals surface area contributed by atoms with Crippen LogP contribution in [0.2, 0.25) is 0 Å². The maximum atomic E-state index is 5.61. The largest absolute Gasteiger partial charge is 0.497 e. The van der Waals surface area contributed by atoms with Crippen LogP contribution in [0.4, 0.5) is 0 Å². The predicted octanol–water partition coefficient (Wildman–Crippen LogP) is 2.42. The lowest BCUT2D eigenvalue weighted by Gasteiger charge is -2.12. The third kappa shape index (κ3) is 2.76. The van der Waals surface area contributed by atoms with Gasteiger partial charge in [-0.1, -0.05) is 12.2 Å². The average molecular weight is 220 g/mol. The van der Waals surface area contributed by atoms with E-state index in [9.17, 15) is 0 Å². The molecule has 0 fully saturated rings. The number of hydrogen-bond donors (Lipinski definition) is 0. The normalized spacial score (nSPS) is 23.4. The second-order valence-corrected chi connectivity index (χ2v) is 3.75. The summed E-state index contributed by atoms with van der Waals surface area (Å²) in [5.74, 6) is 1.66. The van der Waals surface area contributed by atoms with Crippen molar-refractivity contribution >= 4 is 0 Å². The highest BCUT2D eigenvalue weighted by atomic mass is 16.5. The van der Waals surface area contributed by atoms with Crippen LogP contribution in [0.15, 0.2) is 36.4 Å². The van der Waals surface area contributed by atoms with E-state index in [1.54, 1.807) is 7.11 Å². The average Bonchev–Trinajstić information content (AvgIpc) is 2.73. The molecule has 86 valence electrons. The van der Waals surface area contributed by atoms with E-state index >= 15 is 0 Å². The Bertz CT molecular complexity index is 356. The van der Waals surface area contributed by atoms with Gasteiger partial charge >= 0.3 is 0 Å². The Morgan fingerprint density at radius 2 is 1.81 bits per heavy atom. The van der Waals surface area contributed by atoms with Gasteiger partial charge in [0, 0.05) is 0 Å². The van der Waals surface area contributed by atoms with Crippen LogP contribution >= 0.6 is 0 Å². The smallest absolute Gasteiger partial charge is 0.119 e. The van der Waals surface area contributed by atoms with Gasteiger partial charge < -0.3 is 14.2 Å². The molecule has 0 aliphatic carbocycles. The van der Waals surface area contributed by atoms with Gasteiger partial charge in [-0.2, -0.15) is 0 Å². The monoisotopic (exact) mass is 220 g/mol. The quantitative estimate of drug-likeness (QED) is 0.729. The molecule has 16 heavy (non-hydrogen) atoms. The lowest BCUT2D eigenvalue weighted by molar-refractivity contribution is 0.0408. The minimum Gasteiger partial charge on any atom is -0.497 e. The lowest BCUT2D eigenvalue weighted by atomic mass is 10.3. The van der Waals surface area contributed by atoms with Gasteiger partial charge in [0.2, 0.25) is 0 Å². The second kappa shape index (κ2) is 5.03. The fraction of sp³-hybridized carbons (Fsp3) is 0.385. The van der Waals surface area contributed by atoms with Gasteiger partial charge in [-0.25, -0.2) is 0 Å². The molecule has 0 spiro atoms. The SMILES string of the molecule is COc1ccc(OC[C@H]2C=C[C@H](C)O2)cc1. The summed E-state index contributed by atoms with van der Waals surface area (Å²) >= 11 is 0. The minimum absolute atomic E-state index is 0.0668. The van der Waals surface area contributed by atoms with Crippen molar-refractivity contribution < 1.29 is 14.2 Å². The Morgan fingerprint density at radius 3 is 2.38 bits per heavy atom. The zero-order valence-electron chi connectivity index (χ0n) is 9.55. The molecule has 1 aromatic carbocycles. The van der Waals surface area contributed by atoms with Crippen LogP contribution in [0, 0.1) is 0 Å². The molecule has 1 aliphatic heterocycles. The summed E-state index contributed by atoms with van der Waals surface area (Å²) in [4.78, 5) is 0. The van der Waals surface area contributed by atoms with Gasteiger partial charge in [0.15, 0.2) is 0 Å². The summed E-state index contributed by atoms with van der Waals surface area (Å²) < 4.78 is 16.2. The molecule has 0 aromatic heterocycles. The van der Waals surface area contributed by atoms with Crippen LogP contribution < -0.4 is 9.47 Å². The van der Waals surface area contributed by atoms with Crippen molar-refractivity contribution in [2.45, 2.75) is 19.1 Å². The molecule has 0 saturated carbocycles. The second-order valence-electron chi connectivity index (χ2n) is 3.75. The van der Waals surface area contributed by atoms with Crippen molar-refractivity contribution in [2.24, 2.45) is 0 Å². The lowest BCUT2D eigenvalue weighted by Crippen LogP contribution is -2.18. The van der Waals surface area contributed by atoms with Gasteiger partial charge in [-0.05, 0) is 31.2 Å². The van der Waals surface area contributed by atoms with Crippen LogP contribution in [0.1, 0.15) is 6.92 Å². The summed E-state index contributed by atoms with van der Waals surface area (Å²) in [6.07, 6.45) is 4.34. The van der Waals surface area contributed by atoms with Gasteiger partial charge in [0.25, 0.3) is 0 Å². The molecule has 0 bridgehead atoms. The zero-order chi connectivity index (χ0) is 11.4. The summed E-state index contributed by atoms with van der Waals surface area (Å²) in [6, 6.07) is 7.54. The predicted molar refractivity (Wildman–Crippen MR) is 62.0 cm³/mol. The van der Waals surface area contributed by atoms with Crippen LogP contribution in [0.5, 0.6) is 11.5 Å². The summed E-state index contributed by atoms with van der Waals surface area (Å²) in [6.45, 7) is 2.57. The van der Waals surface area contributed by atoms with Crippen LogP contribution in [0.3, 0.4) is 0 Å². The molecule has 0 amide bonds. The minimum atomic E-state index is 0.0668. The van der Waals surface area contributed by atoms with Crippen molar-refractivity contribution in [3.63, 3.8) is 0 Å². The molecule has 0 unspecified atom stereocenters. The van der Waals surface area contributed by atoms with Crippen molar-refractivity contribution in [2.75, 3.05) is 13.7 Å². The number of rotatable bonds is 4. The Morgan fingerprint density at radius 1 is 1.12 bits per heavy atom. The molecule has 0 saturated heterocycles. The van der Waals surface area contributed by atoms with E-state index in [1.807, 2.05) is 43.3 Å². The Labute approximate surface area is 95.6 Å². The third-order valence-electron chi connectivity index (χ3n) is 2.46. The Kier molecular flexibility index (Phi) is 3.47. The van der Waals surface area contributed by atoms with Crippen molar-refractivity contribution in [1.82, 2.24) is 0 Å². The first-order valence-electron chi connectivity index (χ1n) is 5.38. The molecule has 0 N–H and O–H groups in total. The van der Waals surface area contributed by atoms with Gasteiger partial charge in [0.1, 0.15) is 24.2 Å². The number of ether oxygens (including phenoxy) is 3. The first-order chi connectivity index (χ1) is 7.78. The van der Waals surface area contributed by atoms with Crippen molar-refractivity contribution in [3.05, 3.63) is 36.4 Å². The first-order valence-corrected chi connectivity index (χ1v) is 5.38. The topological polar surface area (TPSA) is 27.7 Å². The molecular formula is C13H16O3. The number of methoxy groups -OCH3 is 1. The molecule has 2 atom stereocenters. The summed E-state index contributed by atoms with van der Waals surface area (Å²) in [5, 5.41) is 0. The molecule has 1 aliphatic rings. The van der Waals surface area contributed by atoms with Crippen molar-refractivity contribution in [1.29, 1.82) is 0 Å². The van der Waals surface area contributed by atoms with E-state index in [0.29, 0.717) is 6.61 Å². The maximum Gasteiger partial charge on any atom is 0.119 e. The van der Waals surface area contributed by atoms with E-state index in [4.69, 9.17) is 14.2 Å². The number of benzene rings is 1. The molecular weight excluding hydrogens is 204 g/mol. The third-order valence-corrected chi connectivity index (χ3v) is 2.46. The zero-order valence-corrected chi connectivity index (χ0v) is 9.55. The van der Waals surface area contributed by atoms with Gasteiger partial charge in [-0.3, -0.25) is 0 Å². The van der Waals surface area contributed by atoms with E-state index in [0.717, 1.165) is 11.5 Å². The highest BCUT2D eigenvalue weighted by molar-refractivity contribution is 5.31. The van der Waals surface area contributed by atoms with Crippen LogP contribution in [0.25, 0.3) is 0 Å². The fourth-order valence-corrected chi connectivity index (χ4v) is 1.59. The Balaban J connectivity index is 1.83. The van der Waals surface area contributed by atoms with E-state index in [1.165, 1.54) is 0 Å². The first kappa shape index (κ1) is 11.0. The standard InChI is InChI=1S/C13H16O3/c1-10-3-4-13(16-10)9-15-12-7-5-11(14-2)6-8-12/h3-8,10,13H,9H2,1-2H3/t10-,13+/m0/s1. The molecule has 0 radical (unpaired) electrons.